The number of rotatable bonds is 7. The maximum absolute atomic E-state index is 12.3. The fraction of sp³-hybridized carbons (Fsp3) is 0.867. The van der Waals surface area contributed by atoms with Crippen LogP contribution in [0.25, 0.3) is 0 Å². The van der Waals surface area contributed by atoms with E-state index in [1.54, 1.807) is 0 Å². The van der Waals surface area contributed by atoms with Crippen LogP contribution in [0, 0.1) is 11.3 Å². The van der Waals surface area contributed by atoms with Crippen molar-refractivity contribution in [3.05, 3.63) is 0 Å². The molecule has 0 radical (unpaired) electrons. The monoisotopic (exact) mass is 253 g/mol. The van der Waals surface area contributed by atoms with Gasteiger partial charge in [0.25, 0.3) is 0 Å². The molecule has 0 bridgehead atoms. The summed E-state index contributed by atoms with van der Waals surface area (Å²) in [4.78, 5) is 25.7. The molecular weight excluding hydrogens is 226 g/mol. The Morgan fingerprint density at radius 3 is 2.39 bits per heavy atom. The number of nitrogens with zero attached hydrogens (tertiary/aromatic N) is 1. The molecule has 0 aromatic heterocycles. The van der Waals surface area contributed by atoms with Gasteiger partial charge in [0.1, 0.15) is 0 Å². The highest BCUT2D eigenvalue weighted by molar-refractivity contribution is 6.03. The van der Waals surface area contributed by atoms with Crippen molar-refractivity contribution in [2.24, 2.45) is 11.3 Å². The third-order valence-corrected chi connectivity index (χ3v) is 4.33. The molecule has 1 heterocycles. The lowest BCUT2D eigenvalue weighted by Gasteiger charge is -2.28. The van der Waals surface area contributed by atoms with Gasteiger partial charge in [0, 0.05) is 13.0 Å². The van der Waals surface area contributed by atoms with Gasteiger partial charge in [-0.2, -0.15) is 0 Å². The minimum atomic E-state index is -0.110. The van der Waals surface area contributed by atoms with E-state index < -0.39 is 0 Å². The van der Waals surface area contributed by atoms with Crippen LogP contribution >= 0.6 is 0 Å². The average Bonchev–Trinajstić information content (AvgIpc) is 2.62. The molecule has 0 aromatic carbocycles. The molecule has 1 saturated heterocycles. The molecule has 0 N–H and O–H groups in total. The van der Waals surface area contributed by atoms with E-state index in [1.165, 1.54) is 17.7 Å². The van der Waals surface area contributed by atoms with Crippen molar-refractivity contribution in [1.29, 1.82) is 0 Å². The van der Waals surface area contributed by atoms with Crippen molar-refractivity contribution in [3.8, 4) is 0 Å². The fourth-order valence-electron chi connectivity index (χ4n) is 2.47. The second-order valence-corrected chi connectivity index (χ2v) is 6.04. The fourth-order valence-corrected chi connectivity index (χ4v) is 2.47. The first-order valence-electron chi connectivity index (χ1n) is 7.28. The smallest absolute Gasteiger partial charge is 0.233 e. The molecule has 0 saturated carbocycles. The molecule has 2 amide bonds. The molecular formula is C15H27NO2. The first kappa shape index (κ1) is 15.2. The Bertz CT molecular complexity index is 310. The minimum Gasteiger partial charge on any atom is -0.282 e. The summed E-state index contributed by atoms with van der Waals surface area (Å²) in [6, 6.07) is 0. The Kier molecular flexibility index (Phi) is 5.36. The lowest BCUT2D eigenvalue weighted by molar-refractivity contribution is -0.140. The Hall–Kier alpha value is -0.860. The Balaban J connectivity index is 2.56. The summed E-state index contributed by atoms with van der Waals surface area (Å²) in [6.07, 6.45) is 5.75. The Morgan fingerprint density at radius 2 is 1.83 bits per heavy atom. The predicted molar refractivity (Wildman–Crippen MR) is 73.0 cm³/mol. The van der Waals surface area contributed by atoms with Gasteiger partial charge in [-0.25, -0.2) is 0 Å². The zero-order chi connectivity index (χ0) is 13.8. The van der Waals surface area contributed by atoms with Crippen LogP contribution in [-0.4, -0.2) is 23.3 Å². The zero-order valence-corrected chi connectivity index (χ0v) is 12.3. The summed E-state index contributed by atoms with van der Waals surface area (Å²) < 4.78 is 0. The highest BCUT2D eigenvalue weighted by Gasteiger charge is 2.45. The van der Waals surface area contributed by atoms with Gasteiger partial charge in [0.05, 0.1) is 5.92 Å². The molecule has 1 rings (SSSR count). The predicted octanol–water partition coefficient (Wildman–Crippen LogP) is 3.38. The van der Waals surface area contributed by atoms with Crippen molar-refractivity contribution in [2.75, 3.05) is 6.54 Å². The van der Waals surface area contributed by atoms with Gasteiger partial charge in [-0.05, 0) is 11.8 Å². The van der Waals surface area contributed by atoms with E-state index in [9.17, 15) is 9.59 Å². The van der Waals surface area contributed by atoms with Gasteiger partial charge < -0.3 is 0 Å². The number of carbonyl (C=O) groups is 2. The van der Waals surface area contributed by atoms with Gasteiger partial charge in [0.2, 0.25) is 11.8 Å². The number of likely N-dealkylation sites (tertiary alicyclic amines) is 1. The zero-order valence-electron chi connectivity index (χ0n) is 12.3. The largest absolute Gasteiger partial charge is 0.282 e. The van der Waals surface area contributed by atoms with E-state index >= 15 is 0 Å². The second kappa shape index (κ2) is 6.35. The third kappa shape index (κ3) is 3.33. The molecule has 1 aliphatic rings. The molecule has 3 nitrogen and oxygen atoms in total. The van der Waals surface area contributed by atoms with Crippen LogP contribution in [0.3, 0.4) is 0 Å². The quantitative estimate of drug-likeness (QED) is 0.515. The summed E-state index contributed by atoms with van der Waals surface area (Å²) in [7, 11) is 0. The molecule has 1 aliphatic heterocycles. The van der Waals surface area contributed by atoms with Crippen LogP contribution in [0.2, 0.25) is 0 Å². The number of amides is 2. The number of imide groups is 1. The van der Waals surface area contributed by atoms with Crippen molar-refractivity contribution in [2.45, 2.75) is 66.2 Å². The number of hydrogen-bond donors (Lipinski definition) is 0. The third-order valence-electron chi connectivity index (χ3n) is 4.33. The second-order valence-electron chi connectivity index (χ2n) is 6.04. The molecule has 18 heavy (non-hydrogen) atoms. The normalized spacial score (nSPS) is 20.9. The van der Waals surface area contributed by atoms with Crippen LogP contribution in [0.4, 0.5) is 0 Å². The number of hydrogen-bond acceptors (Lipinski definition) is 2. The molecule has 1 atom stereocenters. The topological polar surface area (TPSA) is 37.4 Å². The van der Waals surface area contributed by atoms with E-state index in [4.69, 9.17) is 0 Å². The maximum Gasteiger partial charge on any atom is 0.233 e. The SMILES string of the molecule is CCCCCCN1C(=O)CC(C(C)(C)CC)C1=O. The summed E-state index contributed by atoms with van der Waals surface area (Å²) in [5.41, 5.74) is -0.0646. The van der Waals surface area contributed by atoms with E-state index in [0.29, 0.717) is 13.0 Å². The van der Waals surface area contributed by atoms with Crippen molar-refractivity contribution < 1.29 is 9.59 Å². The Morgan fingerprint density at radius 1 is 1.17 bits per heavy atom. The molecule has 1 fully saturated rings. The maximum atomic E-state index is 12.3. The van der Waals surface area contributed by atoms with Crippen molar-refractivity contribution in [3.63, 3.8) is 0 Å². The van der Waals surface area contributed by atoms with Gasteiger partial charge in [-0.3, -0.25) is 14.5 Å². The molecule has 1 unspecified atom stereocenters. The molecule has 104 valence electrons. The van der Waals surface area contributed by atoms with Crippen LogP contribution in [0.1, 0.15) is 66.2 Å². The van der Waals surface area contributed by atoms with E-state index in [0.717, 1.165) is 19.3 Å². The van der Waals surface area contributed by atoms with Crippen molar-refractivity contribution >= 4 is 11.8 Å². The lowest BCUT2D eigenvalue weighted by Crippen LogP contribution is -2.35. The summed E-state index contributed by atoms with van der Waals surface area (Å²) in [5, 5.41) is 0. The van der Waals surface area contributed by atoms with Gasteiger partial charge in [0.15, 0.2) is 0 Å². The van der Waals surface area contributed by atoms with Gasteiger partial charge >= 0.3 is 0 Å². The van der Waals surface area contributed by atoms with E-state index in [-0.39, 0.29) is 23.1 Å². The molecule has 0 aliphatic carbocycles. The van der Waals surface area contributed by atoms with Crippen LogP contribution in [0.15, 0.2) is 0 Å². The van der Waals surface area contributed by atoms with E-state index in [2.05, 4.69) is 27.7 Å². The molecule has 0 aromatic rings. The highest BCUT2D eigenvalue weighted by Crippen LogP contribution is 2.38. The van der Waals surface area contributed by atoms with Gasteiger partial charge in [-0.15, -0.1) is 0 Å². The average molecular weight is 253 g/mol. The summed E-state index contributed by atoms with van der Waals surface area (Å²) >= 11 is 0. The summed E-state index contributed by atoms with van der Waals surface area (Å²) in [5.74, 6) is -0.0208. The van der Waals surface area contributed by atoms with Gasteiger partial charge in [-0.1, -0.05) is 53.4 Å². The number of carbonyl (C=O) groups excluding carboxylic acids is 2. The Labute approximate surface area is 111 Å². The standard InChI is InChI=1S/C15H27NO2/c1-5-7-8-9-10-16-13(17)11-12(14(16)18)15(3,4)6-2/h12H,5-11H2,1-4H3. The van der Waals surface area contributed by atoms with E-state index in [1.807, 2.05) is 0 Å². The van der Waals surface area contributed by atoms with Crippen molar-refractivity contribution in [1.82, 2.24) is 4.90 Å². The van der Waals surface area contributed by atoms with Crippen LogP contribution < -0.4 is 0 Å². The highest BCUT2D eigenvalue weighted by atomic mass is 16.2. The first-order chi connectivity index (χ1) is 8.44. The summed E-state index contributed by atoms with van der Waals surface area (Å²) in [6.45, 7) is 9.04. The van der Waals surface area contributed by atoms with Crippen LogP contribution in [0.5, 0.6) is 0 Å². The lowest BCUT2D eigenvalue weighted by atomic mass is 9.76. The number of unbranched alkanes of at least 4 members (excludes halogenated alkanes) is 3. The minimum absolute atomic E-state index is 0.0306. The molecule has 3 heteroatoms. The van der Waals surface area contributed by atoms with Crippen LogP contribution in [-0.2, 0) is 9.59 Å². The first-order valence-corrected chi connectivity index (χ1v) is 7.28. The molecule has 0 spiro atoms.